The average Bonchev–Trinajstić information content (AvgIpc) is 2.49. The Balaban J connectivity index is 2.42. The largest absolute Gasteiger partial charge is 0.329 e. The molecule has 1 aliphatic rings. The molecule has 0 fully saturated rings. The van der Waals surface area contributed by atoms with E-state index >= 15 is 0 Å². The first-order chi connectivity index (χ1) is 6.24. The molecule has 0 aliphatic carbocycles. The minimum absolute atomic E-state index is 0.391. The van der Waals surface area contributed by atoms with Crippen molar-refractivity contribution >= 4 is 11.5 Å². The molecule has 72 valence electrons. The van der Waals surface area contributed by atoms with Crippen molar-refractivity contribution in [2.45, 2.75) is 19.4 Å². The maximum absolute atomic E-state index is 5.77. The predicted molar refractivity (Wildman–Crippen MR) is 55.0 cm³/mol. The fraction of sp³-hybridized carbons (Fsp3) is 0.667. The number of nitrogens with zero attached hydrogens (tertiary/aromatic N) is 2. The highest BCUT2D eigenvalue weighted by molar-refractivity contribution is 7.06. The van der Waals surface area contributed by atoms with Gasteiger partial charge in [0.2, 0.25) is 0 Å². The molecule has 0 radical (unpaired) electrons. The van der Waals surface area contributed by atoms with Gasteiger partial charge in [0.1, 0.15) is 0 Å². The molecular formula is C9H15N3S. The van der Waals surface area contributed by atoms with Crippen molar-refractivity contribution in [3.63, 3.8) is 0 Å². The van der Waals surface area contributed by atoms with Gasteiger partial charge in [-0.15, -0.1) is 0 Å². The lowest BCUT2D eigenvalue weighted by Gasteiger charge is -2.31. The molecule has 1 aromatic heterocycles. The number of likely N-dealkylation sites (N-methyl/N-ethyl adjacent to an activating group) is 1. The van der Waals surface area contributed by atoms with Crippen molar-refractivity contribution in [3.05, 3.63) is 16.1 Å². The van der Waals surface area contributed by atoms with Gasteiger partial charge < -0.3 is 5.73 Å². The van der Waals surface area contributed by atoms with Crippen LogP contribution in [0.25, 0.3) is 0 Å². The summed E-state index contributed by atoms with van der Waals surface area (Å²) in [6, 6.07) is 0.391. The average molecular weight is 197 g/mol. The van der Waals surface area contributed by atoms with Gasteiger partial charge in [-0.05, 0) is 31.9 Å². The standard InChI is InChI=1S/C9H15N3S/c1-6-9-7(5-10)12(2)4-3-8(9)13-11-6/h7H,3-5,10H2,1-2H3. The first-order valence-electron chi connectivity index (χ1n) is 4.59. The third-order valence-electron chi connectivity index (χ3n) is 2.76. The van der Waals surface area contributed by atoms with E-state index in [1.54, 1.807) is 11.5 Å². The van der Waals surface area contributed by atoms with Gasteiger partial charge in [0.05, 0.1) is 5.69 Å². The molecule has 0 bridgehead atoms. The van der Waals surface area contributed by atoms with Crippen LogP contribution in [0.5, 0.6) is 0 Å². The van der Waals surface area contributed by atoms with Crippen LogP contribution in [0.1, 0.15) is 22.2 Å². The molecule has 1 unspecified atom stereocenters. The maximum Gasteiger partial charge on any atom is 0.0562 e. The van der Waals surface area contributed by atoms with Crippen molar-refractivity contribution in [2.75, 3.05) is 20.1 Å². The Morgan fingerprint density at radius 2 is 2.46 bits per heavy atom. The molecule has 2 N–H and O–H groups in total. The summed E-state index contributed by atoms with van der Waals surface area (Å²) in [6.07, 6.45) is 1.13. The van der Waals surface area contributed by atoms with Gasteiger partial charge >= 0.3 is 0 Å². The van der Waals surface area contributed by atoms with E-state index in [1.165, 1.54) is 16.1 Å². The van der Waals surface area contributed by atoms with E-state index in [1.807, 2.05) is 0 Å². The van der Waals surface area contributed by atoms with Crippen LogP contribution in [-0.4, -0.2) is 29.4 Å². The molecule has 1 atom stereocenters. The van der Waals surface area contributed by atoms with E-state index in [4.69, 9.17) is 5.73 Å². The summed E-state index contributed by atoms with van der Waals surface area (Å²) in [5.41, 5.74) is 8.33. The highest BCUT2D eigenvalue weighted by atomic mass is 32.1. The van der Waals surface area contributed by atoms with E-state index in [9.17, 15) is 0 Å². The van der Waals surface area contributed by atoms with Crippen molar-refractivity contribution in [2.24, 2.45) is 5.73 Å². The van der Waals surface area contributed by atoms with Crippen LogP contribution in [0.3, 0.4) is 0 Å². The summed E-state index contributed by atoms with van der Waals surface area (Å²) >= 11 is 1.64. The fourth-order valence-electron chi connectivity index (χ4n) is 1.98. The number of rotatable bonds is 1. The highest BCUT2D eigenvalue weighted by Gasteiger charge is 2.27. The van der Waals surface area contributed by atoms with E-state index < -0.39 is 0 Å². The van der Waals surface area contributed by atoms with Crippen LogP contribution < -0.4 is 5.73 Å². The topological polar surface area (TPSA) is 42.1 Å². The fourth-order valence-corrected chi connectivity index (χ4v) is 2.89. The molecule has 13 heavy (non-hydrogen) atoms. The normalized spacial score (nSPS) is 23.2. The van der Waals surface area contributed by atoms with Crippen molar-refractivity contribution in [1.29, 1.82) is 0 Å². The van der Waals surface area contributed by atoms with Crippen molar-refractivity contribution in [1.82, 2.24) is 9.27 Å². The molecule has 2 heterocycles. The van der Waals surface area contributed by atoms with Crippen LogP contribution in [0, 0.1) is 6.92 Å². The number of fused-ring (bicyclic) bond motifs is 1. The molecule has 0 saturated heterocycles. The monoisotopic (exact) mass is 197 g/mol. The lowest BCUT2D eigenvalue weighted by Crippen LogP contribution is -2.36. The molecule has 0 amide bonds. The van der Waals surface area contributed by atoms with Gasteiger partial charge in [0.15, 0.2) is 0 Å². The van der Waals surface area contributed by atoms with E-state index in [2.05, 4.69) is 23.2 Å². The Kier molecular flexibility index (Phi) is 2.36. The van der Waals surface area contributed by atoms with Crippen molar-refractivity contribution < 1.29 is 0 Å². The number of nitrogens with two attached hydrogens (primary N) is 1. The van der Waals surface area contributed by atoms with Crippen LogP contribution in [0.15, 0.2) is 0 Å². The third kappa shape index (κ3) is 1.39. The van der Waals surface area contributed by atoms with Gasteiger partial charge in [-0.2, -0.15) is 4.37 Å². The second-order valence-corrected chi connectivity index (χ2v) is 4.44. The molecule has 0 saturated carbocycles. The molecule has 0 aromatic carbocycles. The van der Waals surface area contributed by atoms with E-state index in [-0.39, 0.29) is 0 Å². The Hall–Kier alpha value is -0.450. The van der Waals surface area contributed by atoms with Crippen LogP contribution in [-0.2, 0) is 6.42 Å². The predicted octanol–water partition coefficient (Wildman–Crippen LogP) is 0.939. The molecular weight excluding hydrogens is 182 g/mol. The zero-order valence-corrected chi connectivity index (χ0v) is 8.90. The summed E-state index contributed by atoms with van der Waals surface area (Å²) in [4.78, 5) is 3.76. The smallest absolute Gasteiger partial charge is 0.0562 e. The Bertz CT molecular complexity index is 308. The second kappa shape index (κ2) is 3.36. The Morgan fingerprint density at radius 1 is 1.69 bits per heavy atom. The molecule has 1 aromatic rings. The number of hydrogen-bond acceptors (Lipinski definition) is 4. The summed E-state index contributed by atoms with van der Waals surface area (Å²) in [5, 5.41) is 0. The minimum Gasteiger partial charge on any atom is -0.329 e. The Morgan fingerprint density at radius 3 is 3.15 bits per heavy atom. The quantitative estimate of drug-likeness (QED) is 0.728. The molecule has 4 heteroatoms. The zero-order valence-electron chi connectivity index (χ0n) is 8.08. The molecule has 0 spiro atoms. The minimum atomic E-state index is 0.391. The summed E-state index contributed by atoms with van der Waals surface area (Å²) < 4.78 is 4.39. The molecule has 1 aliphatic heterocycles. The lowest BCUT2D eigenvalue weighted by atomic mass is 9.99. The van der Waals surface area contributed by atoms with E-state index in [0.717, 1.165) is 13.0 Å². The third-order valence-corrected chi connectivity index (χ3v) is 3.77. The Labute approximate surface area is 82.7 Å². The molecule has 3 nitrogen and oxygen atoms in total. The maximum atomic E-state index is 5.77. The number of aromatic nitrogens is 1. The first kappa shape index (κ1) is 9.12. The SMILES string of the molecule is Cc1nsc2c1C(CN)N(C)CC2. The van der Waals surface area contributed by atoms with E-state index in [0.29, 0.717) is 12.6 Å². The lowest BCUT2D eigenvalue weighted by molar-refractivity contribution is 0.237. The second-order valence-electron chi connectivity index (χ2n) is 3.59. The van der Waals surface area contributed by atoms with Gasteiger partial charge in [0, 0.05) is 29.6 Å². The van der Waals surface area contributed by atoms with Crippen LogP contribution in [0.2, 0.25) is 0 Å². The van der Waals surface area contributed by atoms with Gasteiger partial charge in [-0.25, -0.2) is 0 Å². The number of hydrogen-bond donors (Lipinski definition) is 1. The molecule has 2 rings (SSSR count). The van der Waals surface area contributed by atoms with Crippen molar-refractivity contribution in [3.8, 4) is 0 Å². The first-order valence-corrected chi connectivity index (χ1v) is 5.36. The summed E-state index contributed by atoms with van der Waals surface area (Å²) in [7, 11) is 2.14. The van der Waals surface area contributed by atoms with Crippen LogP contribution in [0.4, 0.5) is 0 Å². The van der Waals surface area contributed by atoms with Gasteiger partial charge in [0.25, 0.3) is 0 Å². The highest BCUT2D eigenvalue weighted by Crippen LogP contribution is 2.32. The van der Waals surface area contributed by atoms with Gasteiger partial charge in [-0.1, -0.05) is 0 Å². The zero-order chi connectivity index (χ0) is 9.42. The van der Waals surface area contributed by atoms with Gasteiger partial charge in [-0.3, -0.25) is 4.90 Å². The number of aryl methyl sites for hydroxylation is 1. The van der Waals surface area contributed by atoms with Crippen LogP contribution >= 0.6 is 11.5 Å². The summed E-state index contributed by atoms with van der Waals surface area (Å²) in [6.45, 7) is 3.89. The summed E-state index contributed by atoms with van der Waals surface area (Å²) in [5.74, 6) is 0.